The van der Waals surface area contributed by atoms with Crippen molar-refractivity contribution >= 4 is 11.8 Å². The van der Waals surface area contributed by atoms with Gasteiger partial charge in [-0.2, -0.15) is 0 Å². The Kier molecular flexibility index (Phi) is 12.7. The number of ether oxygens (including phenoxy) is 6. The Morgan fingerprint density at radius 1 is 0.870 bits per heavy atom. The number of β-amino-alcohol motifs (C(OH)–C–C–N with tert-alkyl or cyclic N) is 1. The van der Waals surface area contributed by atoms with Crippen LogP contribution in [0, 0.1) is 0 Å². The number of benzene rings is 3. The molecule has 2 aliphatic heterocycles. The van der Waals surface area contributed by atoms with Gasteiger partial charge in [-0.15, -0.1) is 0 Å². The SMILES string of the molecule is COCCCN1CCOc2ccc(CO[C@H]3CN(C(=O)OCc4ccccc4)C[C@@H](O)[C@@H]3c3ccc(COCCOC)cc3)cc21. The van der Waals surface area contributed by atoms with Gasteiger partial charge >= 0.3 is 6.09 Å². The first-order chi connectivity index (χ1) is 22.6. The van der Waals surface area contributed by atoms with E-state index < -0.39 is 18.3 Å². The van der Waals surface area contributed by atoms with Crippen LogP contribution in [0.15, 0.2) is 72.8 Å². The van der Waals surface area contributed by atoms with Crippen molar-refractivity contribution < 1.29 is 38.3 Å². The van der Waals surface area contributed by atoms with Crippen molar-refractivity contribution in [2.45, 2.75) is 44.4 Å². The topological polar surface area (TPSA) is 99.2 Å². The van der Waals surface area contributed by atoms with Crippen molar-refractivity contribution in [1.82, 2.24) is 4.90 Å². The number of aliphatic hydroxyl groups excluding tert-OH is 1. The van der Waals surface area contributed by atoms with Gasteiger partial charge in [0.25, 0.3) is 0 Å². The van der Waals surface area contributed by atoms with Gasteiger partial charge in [0.2, 0.25) is 0 Å². The van der Waals surface area contributed by atoms with Crippen molar-refractivity contribution in [3.8, 4) is 5.75 Å². The molecule has 46 heavy (non-hydrogen) atoms. The molecule has 0 bridgehead atoms. The van der Waals surface area contributed by atoms with Crippen molar-refractivity contribution in [2.24, 2.45) is 0 Å². The Balaban J connectivity index is 1.30. The van der Waals surface area contributed by atoms with Gasteiger partial charge in [-0.25, -0.2) is 4.79 Å². The number of amides is 1. The molecule has 3 aromatic rings. The number of aliphatic hydroxyl groups is 1. The summed E-state index contributed by atoms with van der Waals surface area (Å²) < 4.78 is 34.1. The Labute approximate surface area is 271 Å². The average Bonchev–Trinajstić information content (AvgIpc) is 3.09. The minimum atomic E-state index is -0.847. The fourth-order valence-electron chi connectivity index (χ4n) is 5.96. The highest BCUT2D eigenvalue weighted by Gasteiger charge is 2.40. The van der Waals surface area contributed by atoms with Gasteiger partial charge in [-0.3, -0.25) is 0 Å². The Bertz CT molecular complexity index is 1360. The number of carbonyl (C=O) groups excluding carboxylic acids is 1. The minimum absolute atomic E-state index is 0.145. The molecule has 1 fully saturated rings. The number of methoxy groups -OCH3 is 2. The van der Waals surface area contributed by atoms with Crippen LogP contribution in [0.3, 0.4) is 0 Å². The lowest BCUT2D eigenvalue weighted by Crippen LogP contribution is -2.53. The summed E-state index contributed by atoms with van der Waals surface area (Å²) in [5.41, 5.74) is 4.90. The summed E-state index contributed by atoms with van der Waals surface area (Å²) in [5.74, 6) is 0.519. The van der Waals surface area contributed by atoms with Crippen LogP contribution in [-0.2, 0) is 43.5 Å². The van der Waals surface area contributed by atoms with Gasteiger partial charge in [0, 0.05) is 33.3 Å². The molecule has 2 aliphatic rings. The van der Waals surface area contributed by atoms with Crippen molar-refractivity contribution in [1.29, 1.82) is 0 Å². The maximum absolute atomic E-state index is 13.2. The zero-order chi connectivity index (χ0) is 32.1. The average molecular weight is 635 g/mol. The highest BCUT2D eigenvalue weighted by atomic mass is 16.6. The molecule has 0 radical (unpaired) electrons. The quantitative estimate of drug-likeness (QED) is 0.237. The van der Waals surface area contributed by atoms with Gasteiger partial charge in [0.15, 0.2) is 0 Å². The van der Waals surface area contributed by atoms with Crippen LogP contribution in [0.5, 0.6) is 5.75 Å². The monoisotopic (exact) mass is 634 g/mol. The van der Waals surface area contributed by atoms with E-state index in [0.29, 0.717) is 39.6 Å². The largest absolute Gasteiger partial charge is 0.490 e. The zero-order valence-corrected chi connectivity index (χ0v) is 26.8. The number of carbonyl (C=O) groups is 1. The van der Waals surface area contributed by atoms with Crippen LogP contribution in [0.1, 0.15) is 34.6 Å². The lowest BCUT2D eigenvalue weighted by molar-refractivity contribution is -0.0692. The van der Waals surface area contributed by atoms with E-state index >= 15 is 0 Å². The predicted octanol–water partition coefficient (Wildman–Crippen LogP) is 4.77. The van der Waals surface area contributed by atoms with Crippen LogP contribution in [0.2, 0.25) is 0 Å². The number of likely N-dealkylation sites (tertiary alicyclic amines) is 1. The van der Waals surface area contributed by atoms with E-state index in [0.717, 1.165) is 53.2 Å². The number of anilines is 1. The third kappa shape index (κ3) is 9.20. The first-order valence-electron chi connectivity index (χ1n) is 16.0. The number of rotatable bonds is 15. The van der Waals surface area contributed by atoms with E-state index in [1.165, 1.54) is 0 Å². The molecule has 1 amide bonds. The zero-order valence-electron chi connectivity index (χ0n) is 26.8. The highest BCUT2D eigenvalue weighted by molar-refractivity contribution is 5.68. The van der Waals surface area contributed by atoms with Gasteiger partial charge in [-0.05, 0) is 40.8 Å². The molecular weight excluding hydrogens is 588 g/mol. The summed E-state index contributed by atoms with van der Waals surface area (Å²) >= 11 is 0. The second-order valence-corrected chi connectivity index (χ2v) is 11.7. The maximum Gasteiger partial charge on any atom is 0.410 e. The van der Waals surface area contributed by atoms with E-state index in [9.17, 15) is 9.90 Å². The van der Waals surface area contributed by atoms with E-state index in [1.807, 2.05) is 66.7 Å². The number of nitrogens with zero attached hydrogens (tertiary/aromatic N) is 2. The lowest BCUT2D eigenvalue weighted by Gasteiger charge is -2.41. The fourth-order valence-corrected chi connectivity index (χ4v) is 5.96. The van der Waals surface area contributed by atoms with Gasteiger partial charge in [-0.1, -0.05) is 60.7 Å². The molecule has 1 N–H and O–H groups in total. The van der Waals surface area contributed by atoms with Crippen molar-refractivity contribution in [3.63, 3.8) is 0 Å². The Hall–Kier alpha value is -3.67. The molecule has 1 saturated heterocycles. The molecule has 3 atom stereocenters. The van der Waals surface area contributed by atoms with E-state index in [4.69, 9.17) is 28.4 Å². The summed E-state index contributed by atoms with van der Waals surface area (Å²) in [6.45, 7) is 5.47. The third-order valence-corrected chi connectivity index (χ3v) is 8.37. The van der Waals surface area contributed by atoms with Crippen molar-refractivity contribution in [2.75, 3.05) is 71.7 Å². The summed E-state index contributed by atoms with van der Waals surface area (Å²) in [5, 5.41) is 11.5. The van der Waals surface area contributed by atoms with Crippen LogP contribution in [0.4, 0.5) is 10.5 Å². The summed E-state index contributed by atoms with van der Waals surface area (Å²) in [6.07, 6.45) is -0.870. The smallest absolute Gasteiger partial charge is 0.410 e. The molecule has 2 heterocycles. The molecule has 0 saturated carbocycles. The number of hydrogen-bond acceptors (Lipinski definition) is 9. The molecule has 10 nitrogen and oxygen atoms in total. The van der Waals surface area contributed by atoms with E-state index in [1.54, 1.807) is 19.1 Å². The number of fused-ring (bicyclic) bond motifs is 1. The third-order valence-electron chi connectivity index (χ3n) is 8.37. The normalized spacial score (nSPS) is 19.4. The summed E-state index contributed by atoms with van der Waals surface area (Å²) in [6, 6.07) is 23.7. The van der Waals surface area contributed by atoms with Crippen LogP contribution in [0.25, 0.3) is 0 Å². The van der Waals surface area contributed by atoms with Gasteiger partial charge in [0.05, 0.1) is 64.0 Å². The first-order valence-corrected chi connectivity index (χ1v) is 16.0. The summed E-state index contributed by atoms with van der Waals surface area (Å²) in [7, 11) is 3.37. The van der Waals surface area contributed by atoms with Gasteiger partial charge in [0.1, 0.15) is 19.0 Å². The maximum atomic E-state index is 13.2. The fraction of sp³-hybridized carbons (Fsp3) is 0.472. The van der Waals surface area contributed by atoms with Crippen molar-refractivity contribution in [3.05, 3.63) is 95.1 Å². The molecule has 0 aliphatic carbocycles. The Morgan fingerprint density at radius 3 is 2.41 bits per heavy atom. The lowest BCUT2D eigenvalue weighted by atomic mass is 9.84. The molecule has 5 rings (SSSR count). The van der Waals surface area contributed by atoms with Crippen LogP contribution in [-0.4, -0.2) is 95.1 Å². The number of piperidine rings is 1. The van der Waals surface area contributed by atoms with Gasteiger partial charge < -0.3 is 43.3 Å². The molecule has 248 valence electrons. The molecule has 0 aromatic heterocycles. The molecule has 0 unspecified atom stereocenters. The standard InChI is InChI=1S/C36H46N2O8/c1-41-17-6-15-37-16-18-44-33-14-11-29(21-31(33)37)26-45-34-23-38(36(40)46-25-27-7-4-3-5-8-27)22-32(39)35(34)30-12-9-28(10-13-30)24-43-20-19-42-2/h3-5,7-14,21,32,34-35,39H,6,15-20,22-26H2,1-2H3/t32-,34+,35+/m1/s1. The number of hydrogen-bond donors (Lipinski definition) is 1. The minimum Gasteiger partial charge on any atom is -0.490 e. The van der Waals surface area contributed by atoms with E-state index in [2.05, 4.69) is 11.0 Å². The van der Waals surface area contributed by atoms with Crippen LogP contribution < -0.4 is 9.64 Å². The second kappa shape index (κ2) is 17.3. The highest BCUT2D eigenvalue weighted by Crippen LogP contribution is 2.35. The van der Waals surface area contributed by atoms with E-state index in [-0.39, 0.29) is 25.6 Å². The van der Waals surface area contributed by atoms with Crippen LogP contribution >= 0.6 is 0 Å². The molecular formula is C36H46N2O8. The second-order valence-electron chi connectivity index (χ2n) is 11.7. The molecule has 0 spiro atoms. The Morgan fingerprint density at radius 2 is 1.63 bits per heavy atom. The summed E-state index contributed by atoms with van der Waals surface area (Å²) in [4.78, 5) is 17.0. The predicted molar refractivity (Wildman–Crippen MR) is 174 cm³/mol. The molecule has 10 heteroatoms. The molecule has 3 aromatic carbocycles. The first kappa shape index (κ1) is 33.7.